The molecule has 0 bridgehead atoms. The molecule has 0 aromatic carbocycles. The van der Waals surface area contributed by atoms with E-state index in [0.29, 0.717) is 5.15 Å². The number of piperidine rings is 1. The van der Waals surface area contributed by atoms with Crippen LogP contribution < -0.4 is 5.32 Å². The zero-order valence-corrected chi connectivity index (χ0v) is 14.4. The molecular weight excluding hydrogens is 284 g/mol. The highest BCUT2D eigenvalue weighted by Crippen LogP contribution is 2.23. The fourth-order valence-electron chi connectivity index (χ4n) is 2.55. The summed E-state index contributed by atoms with van der Waals surface area (Å²) in [5.41, 5.74) is 0.938. The summed E-state index contributed by atoms with van der Waals surface area (Å²) >= 11 is 6.21. The number of nitrogens with zero attached hydrogens (tertiary/aromatic N) is 3. The smallest absolute Gasteiger partial charge is 0.137 e. The second-order valence-electron chi connectivity index (χ2n) is 6.45. The van der Waals surface area contributed by atoms with Crippen LogP contribution in [-0.2, 0) is 0 Å². The van der Waals surface area contributed by atoms with Gasteiger partial charge in [-0.15, -0.1) is 0 Å². The van der Waals surface area contributed by atoms with Crippen molar-refractivity contribution < 1.29 is 0 Å². The molecular formula is C16H27ClN4. The van der Waals surface area contributed by atoms with Crippen molar-refractivity contribution in [3.8, 4) is 0 Å². The van der Waals surface area contributed by atoms with Crippen LogP contribution in [-0.4, -0.2) is 41.0 Å². The maximum absolute atomic E-state index is 6.21. The van der Waals surface area contributed by atoms with Gasteiger partial charge in [-0.05, 0) is 38.8 Å². The molecule has 5 heteroatoms. The fourth-order valence-corrected chi connectivity index (χ4v) is 2.73. The van der Waals surface area contributed by atoms with Gasteiger partial charge in [0.2, 0.25) is 0 Å². The van der Waals surface area contributed by atoms with Crippen LogP contribution in [0, 0.1) is 12.8 Å². The zero-order valence-electron chi connectivity index (χ0n) is 13.6. The third kappa shape index (κ3) is 4.55. The third-order valence-electron chi connectivity index (χ3n) is 4.22. The molecule has 1 aromatic rings. The Balaban J connectivity index is 1.90. The summed E-state index contributed by atoms with van der Waals surface area (Å²) in [5.74, 6) is 2.85. The number of likely N-dealkylation sites (tertiary alicyclic amines) is 1. The van der Waals surface area contributed by atoms with Gasteiger partial charge in [-0.25, -0.2) is 9.97 Å². The van der Waals surface area contributed by atoms with E-state index in [2.05, 4.69) is 41.0 Å². The average molecular weight is 311 g/mol. The highest BCUT2D eigenvalue weighted by atomic mass is 35.5. The van der Waals surface area contributed by atoms with E-state index in [1.54, 1.807) is 0 Å². The zero-order chi connectivity index (χ0) is 15.4. The predicted octanol–water partition coefficient (Wildman–Crippen LogP) is 3.71. The van der Waals surface area contributed by atoms with Crippen molar-refractivity contribution in [1.29, 1.82) is 0 Å². The lowest BCUT2D eigenvalue weighted by molar-refractivity contribution is 0.199. The molecule has 0 amide bonds. The Morgan fingerprint density at radius 3 is 2.57 bits per heavy atom. The van der Waals surface area contributed by atoms with Crippen molar-refractivity contribution in [3.63, 3.8) is 0 Å². The molecule has 1 fully saturated rings. The van der Waals surface area contributed by atoms with E-state index in [1.165, 1.54) is 25.9 Å². The van der Waals surface area contributed by atoms with Crippen LogP contribution >= 0.6 is 11.6 Å². The maximum atomic E-state index is 6.21. The number of halogens is 1. The number of anilines is 1. The normalized spacial score (nSPS) is 17.4. The molecule has 0 unspecified atom stereocenters. The van der Waals surface area contributed by atoms with Gasteiger partial charge in [0.25, 0.3) is 0 Å². The number of nitrogens with one attached hydrogen (secondary N) is 1. The van der Waals surface area contributed by atoms with Crippen LogP contribution in [0.15, 0.2) is 0 Å². The van der Waals surface area contributed by atoms with E-state index < -0.39 is 0 Å². The highest BCUT2D eigenvalue weighted by molar-refractivity contribution is 6.30. The van der Waals surface area contributed by atoms with Gasteiger partial charge < -0.3 is 10.2 Å². The molecule has 0 saturated carbocycles. The van der Waals surface area contributed by atoms with Gasteiger partial charge in [-0.2, -0.15) is 0 Å². The van der Waals surface area contributed by atoms with Crippen LogP contribution in [0.4, 0.5) is 5.82 Å². The minimum Gasteiger partial charge on any atom is -0.368 e. The molecule has 0 spiro atoms. The van der Waals surface area contributed by atoms with Crippen LogP contribution in [0.5, 0.6) is 0 Å². The summed E-state index contributed by atoms with van der Waals surface area (Å²) < 4.78 is 0. The number of aromatic nitrogens is 2. The molecule has 0 aliphatic carbocycles. The Kier molecular flexibility index (Phi) is 5.82. The molecule has 1 aliphatic rings. The molecule has 1 N–H and O–H groups in total. The van der Waals surface area contributed by atoms with E-state index in [9.17, 15) is 0 Å². The monoisotopic (exact) mass is 310 g/mol. The summed E-state index contributed by atoms with van der Waals surface area (Å²) in [4.78, 5) is 11.5. The molecule has 1 saturated heterocycles. The van der Waals surface area contributed by atoms with Crippen molar-refractivity contribution >= 4 is 17.4 Å². The van der Waals surface area contributed by atoms with Crippen LogP contribution in [0.2, 0.25) is 5.15 Å². The Hall–Kier alpha value is -0.870. The Labute approximate surface area is 133 Å². The Morgan fingerprint density at radius 2 is 1.95 bits per heavy atom. The second-order valence-corrected chi connectivity index (χ2v) is 6.81. The van der Waals surface area contributed by atoms with Crippen LogP contribution in [0.3, 0.4) is 0 Å². The Bertz CT molecular complexity index is 468. The van der Waals surface area contributed by atoms with Crippen molar-refractivity contribution in [2.75, 3.05) is 31.5 Å². The first-order chi connectivity index (χ1) is 9.97. The fraction of sp³-hybridized carbons (Fsp3) is 0.750. The molecule has 21 heavy (non-hydrogen) atoms. The van der Waals surface area contributed by atoms with E-state index in [-0.39, 0.29) is 5.92 Å². The summed E-state index contributed by atoms with van der Waals surface area (Å²) in [7, 11) is 0. The SMILES string of the molecule is Cc1c(Cl)nc(C(C)C)nc1NCCN1CCC(C)CC1. The largest absolute Gasteiger partial charge is 0.368 e. The lowest BCUT2D eigenvalue weighted by Gasteiger charge is -2.30. The second kappa shape index (κ2) is 7.41. The van der Waals surface area contributed by atoms with Gasteiger partial charge in [0.1, 0.15) is 16.8 Å². The van der Waals surface area contributed by atoms with Gasteiger partial charge in [0, 0.05) is 24.6 Å². The quantitative estimate of drug-likeness (QED) is 0.842. The summed E-state index contributed by atoms with van der Waals surface area (Å²) in [6.07, 6.45) is 2.63. The van der Waals surface area contributed by atoms with Crippen LogP contribution in [0.25, 0.3) is 0 Å². The lowest BCUT2D eigenvalue weighted by atomic mass is 9.99. The third-order valence-corrected chi connectivity index (χ3v) is 4.58. The first-order valence-electron chi connectivity index (χ1n) is 7.97. The van der Waals surface area contributed by atoms with Gasteiger partial charge in [-0.1, -0.05) is 32.4 Å². The van der Waals surface area contributed by atoms with Crippen molar-refractivity contribution in [3.05, 3.63) is 16.5 Å². The number of hydrogen-bond acceptors (Lipinski definition) is 4. The van der Waals surface area contributed by atoms with Crippen molar-refractivity contribution in [1.82, 2.24) is 14.9 Å². The topological polar surface area (TPSA) is 41.1 Å². The van der Waals surface area contributed by atoms with Gasteiger partial charge >= 0.3 is 0 Å². The molecule has 118 valence electrons. The minimum absolute atomic E-state index is 0.284. The molecule has 2 rings (SSSR count). The molecule has 1 aromatic heterocycles. The van der Waals surface area contributed by atoms with Gasteiger partial charge in [-0.3, -0.25) is 0 Å². The molecule has 1 aliphatic heterocycles. The molecule has 0 radical (unpaired) electrons. The van der Waals surface area contributed by atoms with E-state index in [4.69, 9.17) is 11.6 Å². The first-order valence-corrected chi connectivity index (χ1v) is 8.35. The van der Waals surface area contributed by atoms with Crippen molar-refractivity contribution in [2.24, 2.45) is 5.92 Å². The van der Waals surface area contributed by atoms with Crippen molar-refractivity contribution in [2.45, 2.75) is 46.5 Å². The summed E-state index contributed by atoms with van der Waals surface area (Å²) in [6, 6.07) is 0. The van der Waals surface area contributed by atoms with E-state index in [0.717, 1.165) is 36.2 Å². The van der Waals surface area contributed by atoms with Gasteiger partial charge in [0.15, 0.2) is 0 Å². The summed E-state index contributed by atoms with van der Waals surface area (Å²) in [6.45, 7) is 12.9. The number of rotatable bonds is 5. The molecule has 4 nitrogen and oxygen atoms in total. The van der Waals surface area contributed by atoms with E-state index >= 15 is 0 Å². The van der Waals surface area contributed by atoms with Gasteiger partial charge in [0.05, 0.1) is 0 Å². The predicted molar refractivity (Wildman–Crippen MR) is 89.2 cm³/mol. The highest BCUT2D eigenvalue weighted by Gasteiger charge is 2.16. The Morgan fingerprint density at radius 1 is 1.29 bits per heavy atom. The van der Waals surface area contributed by atoms with Crippen LogP contribution in [0.1, 0.15) is 50.9 Å². The average Bonchev–Trinajstić information content (AvgIpc) is 2.45. The minimum atomic E-state index is 0.284. The maximum Gasteiger partial charge on any atom is 0.137 e. The number of hydrogen-bond donors (Lipinski definition) is 1. The van der Waals surface area contributed by atoms with E-state index in [1.807, 2.05) is 6.92 Å². The standard InChI is InChI=1S/C16H27ClN4/c1-11(2)15-19-14(17)13(4)16(20-15)18-7-10-21-8-5-12(3)6-9-21/h11-12H,5-10H2,1-4H3,(H,18,19,20). The molecule has 0 atom stereocenters. The summed E-state index contributed by atoms with van der Waals surface area (Å²) in [5, 5.41) is 3.99. The first kappa shape index (κ1) is 16.5. The lowest BCUT2D eigenvalue weighted by Crippen LogP contribution is -2.36. The molecule has 2 heterocycles.